The molecule has 18 heavy (non-hydrogen) atoms. The quantitative estimate of drug-likeness (QED) is 0.793. The van der Waals surface area contributed by atoms with Crippen LogP contribution in [0.2, 0.25) is 0 Å². The number of ether oxygens (including phenoxy) is 2. The summed E-state index contributed by atoms with van der Waals surface area (Å²) in [5.41, 5.74) is 5.74. The largest absolute Gasteiger partial charge is 0.497 e. The van der Waals surface area contributed by atoms with Crippen molar-refractivity contribution in [1.82, 2.24) is 0 Å². The van der Waals surface area contributed by atoms with Crippen LogP contribution < -0.4 is 15.8 Å². The Bertz CT molecular complexity index is 437. The van der Waals surface area contributed by atoms with E-state index in [0.29, 0.717) is 11.4 Å². The molecule has 6 nitrogen and oxygen atoms in total. The lowest BCUT2D eigenvalue weighted by Crippen LogP contribution is -2.23. The Morgan fingerprint density at radius 2 is 2.00 bits per heavy atom. The van der Waals surface area contributed by atoms with Crippen LogP contribution in [0.4, 0.5) is 5.69 Å². The normalized spacial score (nSPS) is 9.06. The Labute approximate surface area is 111 Å². The molecule has 1 amide bonds. The second-order valence-corrected chi connectivity index (χ2v) is 3.16. The number of rotatable bonds is 4. The van der Waals surface area contributed by atoms with Gasteiger partial charge in [0.2, 0.25) is 5.91 Å². The minimum Gasteiger partial charge on any atom is -0.497 e. The minimum atomic E-state index is -0.559. The zero-order valence-corrected chi connectivity index (χ0v) is 10.9. The van der Waals surface area contributed by atoms with E-state index < -0.39 is 5.97 Å². The number of amides is 1. The van der Waals surface area contributed by atoms with Gasteiger partial charge in [-0.15, -0.1) is 12.4 Å². The van der Waals surface area contributed by atoms with Crippen molar-refractivity contribution < 1.29 is 19.1 Å². The fourth-order valence-corrected chi connectivity index (χ4v) is 1.24. The maximum Gasteiger partial charge on any atom is 0.340 e. The van der Waals surface area contributed by atoms with Crippen LogP contribution in [0.5, 0.6) is 5.75 Å². The van der Waals surface area contributed by atoms with E-state index in [2.05, 4.69) is 10.1 Å². The molecule has 0 radical (unpaired) electrons. The maximum absolute atomic E-state index is 11.5. The molecule has 0 saturated carbocycles. The van der Waals surface area contributed by atoms with Crippen LogP contribution >= 0.6 is 12.4 Å². The fraction of sp³-hybridized carbons (Fsp3) is 0.273. The first-order valence-corrected chi connectivity index (χ1v) is 4.88. The van der Waals surface area contributed by atoms with Crippen molar-refractivity contribution in [1.29, 1.82) is 0 Å². The van der Waals surface area contributed by atoms with Crippen molar-refractivity contribution in [3.63, 3.8) is 0 Å². The van der Waals surface area contributed by atoms with Crippen LogP contribution in [0.25, 0.3) is 0 Å². The summed E-state index contributed by atoms with van der Waals surface area (Å²) in [4.78, 5) is 22.7. The molecule has 3 N–H and O–H groups in total. The molecule has 0 unspecified atom stereocenters. The molecule has 0 heterocycles. The Hall–Kier alpha value is -1.79. The van der Waals surface area contributed by atoms with Gasteiger partial charge in [0.05, 0.1) is 32.0 Å². The zero-order chi connectivity index (χ0) is 12.8. The lowest BCUT2D eigenvalue weighted by atomic mass is 10.1. The lowest BCUT2D eigenvalue weighted by molar-refractivity contribution is -0.114. The molecule has 0 aliphatic rings. The zero-order valence-electron chi connectivity index (χ0n) is 10.1. The second-order valence-electron chi connectivity index (χ2n) is 3.16. The molecule has 0 bridgehead atoms. The van der Waals surface area contributed by atoms with Gasteiger partial charge in [-0.25, -0.2) is 4.79 Å². The molecule has 0 aliphatic carbocycles. The van der Waals surface area contributed by atoms with E-state index in [1.165, 1.54) is 20.3 Å². The summed E-state index contributed by atoms with van der Waals surface area (Å²) in [5.74, 6) is -0.451. The average Bonchev–Trinajstić information content (AvgIpc) is 2.38. The van der Waals surface area contributed by atoms with Gasteiger partial charge in [0.1, 0.15) is 5.75 Å². The van der Waals surface area contributed by atoms with Crippen molar-refractivity contribution >= 4 is 30.0 Å². The molecule has 0 spiro atoms. The third kappa shape index (κ3) is 3.90. The highest BCUT2D eigenvalue weighted by atomic mass is 35.5. The van der Waals surface area contributed by atoms with Gasteiger partial charge >= 0.3 is 5.97 Å². The van der Waals surface area contributed by atoms with Gasteiger partial charge in [0.25, 0.3) is 0 Å². The summed E-state index contributed by atoms with van der Waals surface area (Å²) >= 11 is 0. The van der Waals surface area contributed by atoms with E-state index >= 15 is 0 Å². The van der Waals surface area contributed by atoms with Crippen molar-refractivity contribution in [2.24, 2.45) is 5.73 Å². The monoisotopic (exact) mass is 274 g/mol. The van der Waals surface area contributed by atoms with Crippen LogP contribution in [0.15, 0.2) is 18.2 Å². The lowest BCUT2D eigenvalue weighted by Gasteiger charge is -2.10. The average molecular weight is 275 g/mol. The Morgan fingerprint density at radius 3 is 2.50 bits per heavy atom. The van der Waals surface area contributed by atoms with Gasteiger partial charge in [-0.3, -0.25) is 4.79 Å². The Kier molecular flexibility index (Phi) is 6.77. The van der Waals surface area contributed by atoms with Crippen LogP contribution in [0.3, 0.4) is 0 Å². The number of halogens is 1. The number of benzene rings is 1. The molecular weight excluding hydrogens is 260 g/mol. The van der Waals surface area contributed by atoms with E-state index in [1.54, 1.807) is 12.1 Å². The molecular formula is C11H15ClN2O4. The van der Waals surface area contributed by atoms with Crippen molar-refractivity contribution in [3.05, 3.63) is 23.8 Å². The van der Waals surface area contributed by atoms with Gasteiger partial charge in [0, 0.05) is 0 Å². The molecule has 1 aromatic carbocycles. The molecule has 1 rings (SSSR count). The number of methoxy groups -OCH3 is 2. The molecule has 0 fully saturated rings. The van der Waals surface area contributed by atoms with Crippen LogP contribution in [-0.2, 0) is 9.53 Å². The van der Waals surface area contributed by atoms with E-state index in [9.17, 15) is 9.59 Å². The number of nitrogens with one attached hydrogen (secondary N) is 1. The third-order valence-electron chi connectivity index (χ3n) is 2.09. The van der Waals surface area contributed by atoms with Crippen molar-refractivity contribution in [2.75, 3.05) is 26.1 Å². The van der Waals surface area contributed by atoms with E-state index in [-0.39, 0.29) is 30.4 Å². The van der Waals surface area contributed by atoms with Crippen LogP contribution in [0, 0.1) is 0 Å². The second kappa shape index (κ2) is 7.52. The number of hydrogen-bond donors (Lipinski definition) is 2. The molecule has 7 heteroatoms. The van der Waals surface area contributed by atoms with Gasteiger partial charge in [-0.1, -0.05) is 0 Å². The van der Waals surface area contributed by atoms with Gasteiger partial charge in [-0.2, -0.15) is 0 Å². The standard InChI is InChI=1S/C11H14N2O4.ClH/c1-16-7-3-4-9(13-10(14)6-12)8(5-7)11(15)17-2;/h3-5H,6,12H2,1-2H3,(H,13,14);1H. The molecule has 0 atom stereocenters. The topological polar surface area (TPSA) is 90.6 Å². The number of nitrogens with two attached hydrogens (primary N) is 1. The number of carbonyl (C=O) groups is 2. The van der Waals surface area contributed by atoms with Crippen LogP contribution in [-0.4, -0.2) is 32.6 Å². The van der Waals surface area contributed by atoms with E-state index in [0.717, 1.165) is 0 Å². The predicted molar refractivity (Wildman–Crippen MR) is 69.3 cm³/mol. The number of esters is 1. The van der Waals surface area contributed by atoms with Crippen molar-refractivity contribution in [2.45, 2.75) is 0 Å². The van der Waals surface area contributed by atoms with E-state index in [4.69, 9.17) is 10.5 Å². The molecule has 0 saturated heterocycles. The number of anilines is 1. The highest BCUT2D eigenvalue weighted by Gasteiger charge is 2.14. The van der Waals surface area contributed by atoms with Crippen LogP contribution in [0.1, 0.15) is 10.4 Å². The number of hydrogen-bond acceptors (Lipinski definition) is 5. The predicted octanol–water partition coefficient (Wildman–Crippen LogP) is 0.801. The summed E-state index contributed by atoms with van der Waals surface area (Å²) in [6.45, 7) is -0.160. The molecule has 0 aliphatic heterocycles. The SMILES string of the molecule is COC(=O)c1cc(OC)ccc1NC(=O)CN.Cl. The van der Waals surface area contributed by atoms with Gasteiger partial charge in [-0.05, 0) is 18.2 Å². The van der Waals surface area contributed by atoms with Crippen molar-refractivity contribution in [3.8, 4) is 5.75 Å². The smallest absolute Gasteiger partial charge is 0.340 e. The summed E-state index contributed by atoms with van der Waals surface area (Å²) in [5, 5.41) is 2.51. The fourth-order valence-electron chi connectivity index (χ4n) is 1.24. The Balaban J connectivity index is 0.00000289. The first-order valence-electron chi connectivity index (χ1n) is 4.88. The summed E-state index contributed by atoms with van der Waals surface area (Å²) in [6, 6.07) is 4.66. The summed E-state index contributed by atoms with van der Waals surface area (Å²) in [6.07, 6.45) is 0. The van der Waals surface area contributed by atoms with Gasteiger partial charge < -0.3 is 20.5 Å². The minimum absolute atomic E-state index is 0. The molecule has 1 aromatic rings. The maximum atomic E-state index is 11.5. The first-order chi connectivity index (χ1) is 8.12. The third-order valence-corrected chi connectivity index (χ3v) is 2.09. The highest BCUT2D eigenvalue weighted by Crippen LogP contribution is 2.22. The Morgan fingerprint density at radius 1 is 1.33 bits per heavy atom. The number of carbonyl (C=O) groups excluding carboxylic acids is 2. The molecule has 0 aromatic heterocycles. The van der Waals surface area contributed by atoms with E-state index in [1.807, 2.05) is 0 Å². The first kappa shape index (κ1) is 16.2. The van der Waals surface area contributed by atoms with Gasteiger partial charge in [0.15, 0.2) is 0 Å². The summed E-state index contributed by atoms with van der Waals surface area (Å²) in [7, 11) is 2.74. The highest BCUT2D eigenvalue weighted by molar-refractivity contribution is 6.02. The molecule has 100 valence electrons. The summed E-state index contributed by atoms with van der Waals surface area (Å²) < 4.78 is 9.61.